The number of benzene rings is 1. The minimum atomic E-state index is -0.210. The Balaban J connectivity index is 1.97. The van der Waals surface area contributed by atoms with E-state index < -0.39 is 0 Å². The van der Waals surface area contributed by atoms with Crippen molar-refractivity contribution >= 4 is 48.5 Å². The fourth-order valence-corrected chi connectivity index (χ4v) is 3.61. The van der Waals surface area contributed by atoms with E-state index in [1.54, 1.807) is 24.1 Å². The van der Waals surface area contributed by atoms with Crippen LogP contribution in [0.5, 0.6) is 5.75 Å². The van der Waals surface area contributed by atoms with Gasteiger partial charge in [-0.15, -0.1) is 0 Å². The molecule has 0 unspecified atom stereocenters. The molecule has 132 valence electrons. The number of amides is 1. The molecule has 0 radical (unpaired) electrons. The molecular formula is C17H18BrN3O3S. The van der Waals surface area contributed by atoms with Crippen molar-refractivity contribution in [1.29, 1.82) is 0 Å². The quantitative estimate of drug-likeness (QED) is 0.602. The van der Waals surface area contributed by atoms with Crippen LogP contribution in [0, 0.1) is 0 Å². The summed E-state index contributed by atoms with van der Waals surface area (Å²) in [6.07, 6.45) is 0. The zero-order chi connectivity index (χ0) is 18.0. The summed E-state index contributed by atoms with van der Waals surface area (Å²) in [7, 11) is 5.56. The summed E-state index contributed by atoms with van der Waals surface area (Å²) >= 11 is 4.70. The van der Waals surface area contributed by atoms with Gasteiger partial charge in [0.25, 0.3) is 5.91 Å². The molecule has 0 atom stereocenters. The van der Waals surface area contributed by atoms with Gasteiger partial charge in [-0.3, -0.25) is 9.69 Å². The van der Waals surface area contributed by atoms with E-state index in [9.17, 15) is 4.79 Å². The number of furan rings is 1. The van der Waals surface area contributed by atoms with E-state index in [0.29, 0.717) is 22.9 Å². The maximum absolute atomic E-state index is 12.9. The zero-order valence-corrected chi connectivity index (χ0v) is 16.6. The molecule has 1 amide bonds. The van der Waals surface area contributed by atoms with Gasteiger partial charge in [0.05, 0.1) is 17.3 Å². The van der Waals surface area contributed by atoms with E-state index in [0.717, 1.165) is 16.0 Å². The van der Waals surface area contributed by atoms with Gasteiger partial charge in [-0.05, 0) is 60.4 Å². The summed E-state index contributed by atoms with van der Waals surface area (Å²) in [4.78, 5) is 21.2. The Hall–Kier alpha value is -1.90. The Kier molecular flexibility index (Phi) is 5.41. The molecule has 0 N–H and O–H groups in total. The van der Waals surface area contributed by atoms with Crippen LogP contribution in [0.2, 0.25) is 0 Å². The molecule has 25 heavy (non-hydrogen) atoms. The lowest BCUT2D eigenvalue weighted by Gasteiger charge is -2.20. The summed E-state index contributed by atoms with van der Waals surface area (Å²) in [5, 5.41) is 0.641. The summed E-state index contributed by atoms with van der Waals surface area (Å²) < 4.78 is 12.2. The first-order valence-corrected chi connectivity index (χ1v) is 9.25. The number of carbonyl (C=O) groups excluding carboxylic acids is 1. The lowest BCUT2D eigenvalue weighted by molar-refractivity contribution is 0.0957. The molecule has 2 aromatic heterocycles. The molecule has 3 rings (SSSR count). The van der Waals surface area contributed by atoms with Crippen LogP contribution in [-0.4, -0.2) is 50.1 Å². The standard InChI is InChI=1S/C17H18BrN3O3S/c1-20(2)8-9-21(16(22)13-6-7-15(18)24-13)17-19-12-5-4-11(23-3)10-14(12)25-17/h4-7,10H,8-9H2,1-3H3. The molecule has 0 bridgehead atoms. The van der Waals surface area contributed by atoms with E-state index in [2.05, 4.69) is 20.9 Å². The Bertz CT molecular complexity index is 890. The number of anilines is 1. The smallest absolute Gasteiger partial charge is 0.295 e. The average Bonchev–Trinajstić information content (AvgIpc) is 3.19. The van der Waals surface area contributed by atoms with Gasteiger partial charge >= 0.3 is 0 Å². The molecule has 0 aliphatic carbocycles. The minimum absolute atomic E-state index is 0.210. The maximum Gasteiger partial charge on any atom is 0.295 e. The van der Waals surface area contributed by atoms with Crippen molar-refractivity contribution in [3.8, 4) is 5.75 Å². The molecular weight excluding hydrogens is 406 g/mol. The third kappa shape index (κ3) is 4.02. The number of nitrogens with zero attached hydrogens (tertiary/aromatic N) is 3. The predicted octanol–water partition coefficient (Wildman–Crippen LogP) is 3.87. The highest BCUT2D eigenvalue weighted by Crippen LogP contribution is 2.32. The summed E-state index contributed by atoms with van der Waals surface area (Å²) in [6.45, 7) is 1.23. The van der Waals surface area contributed by atoms with Crippen molar-refractivity contribution in [2.45, 2.75) is 0 Å². The summed E-state index contributed by atoms with van der Waals surface area (Å²) in [5.41, 5.74) is 0.837. The Morgan fingerprint density at radius 2 is 2.08 bits per heavy atom. The highest BCUT2D eigenvalue weighted by Gasteiger charge is 2.24. The first-order chi connectivity index (χ1) is 12.0. The van der Waals surface area contributed by atoms with Crippen LogP contribution in [0.4, 0.5) is 5.13 Å². The lowest BCUT2D eigenvalue weighted by Crippen LogP contribution is -2.36. The van der Waals surface area contributed by atoms with Crippen LogP contribution in [0.15, 0.2) is 39.4 Å². The van der Waals surface area contributed by atoms with Crippen molar-refractivity contribution < 1.29 is 13.9 Å². The average molecular weight is 424 g/mol. The van der Waals surface area contributed by atoms with Crippen LogP contribution in [-0.2, 0) is 0 Å². The molecule has 6 nitrogen and oxygen atoms in total. The number of aromatic nitrogens is 1. The maximum atomic E-state index is 12.9. The fourth-order valence-electron chi connectivity index (χ4n) is 2.28. The van der Waals surface area contributed by atoms with Gasteiger partial charge in [-0.25, -0.2) is 4.98 Å². The van der Waals surface area contributed by atoms with Crippen LogP contribution >= 0.6 is 27.3 Å². The van der Waals surface area contributed by atoms with Gasteiger partial charge < -0.3 is 14.1 Å². The van der Waals surface area contributed by atoms with Gasteiger partial charge in [0.1, 0.15) is 5.75 Å². The van der Waals surface area contributed by atoms with Crippen molar-refractivity contribution in [1.82, 2.24) is 9.88 Å². The largest absolute Gasteiger partial charge is 0.497 e. The van der Waals surface area contributed by atoms with Gasteiger partial charge in [-0.2, -0.15) is 0 Å². The number of halogens is 1. The highest BCUT2D eigenvalue weighted by molar-refractivity contribution is 9.10. The Morgan fingerprint density at radius 3 is 2.72 bits per heavy atom. The van der Waals surface area contributed by atoms with E-state index in [4.69, 9.17) is 9.15 Å². The molecule has 0 spiro atoms. The number of likely N-dealkylation sites (N-methyl/N-ethyl adjacent to an activating group) is 1. The van der Waals surface area contributed by atoms with Crippen molar-refractivity contribution in [2.75, 3.05) is 39.2 Å². The van der Waals surface area contributed by atoms with E-state index in [1.807, 2.05) is 37.2 Å². The number of rotatable bonds is 6. The predicted molar refractivity (Wildman–Crippen MR) is 103 cm³/mol. The van der Waals surface area contributed by atoms with Crippen molar-refractivity contribution in [3.63, 3.8) is 0 Å². The molecule has 0 fully saturated rings. The normalized spacial score (nSPS) is 11.2. The van der Waals surface area contributed by atoms with Crippen molar-refractivity contribution in [3.05, 3.63) is 40.8 Å². The molecule has 0 aliphatic heterocycles. The summed E-state index contributed by atoms with van der Waals surface area (Å²) in [5.74, 6) is 0.838. The first kappa shape index (κ1) is 17.9. The van der Waals surface area contributed by atoms with E-state index >= 15 is 0 Å². The molecule has 1 aromatic carbocycles. The summed E-state index contributed by atoms with van der Waals surface area (Å²) in [6, 6.07) is 9.05. The fraction of sp³-hybridized carbons (Fsp3) is 0.294. The number of hydrogen-bond donors (Lipinski definition) is 0. The van der Waals surface area contributed by atoms with Crippen LogP contribution in [0.1, 0.15) is 10.6 Å². The third-order valence-corrected chi connectivity index (χ3v) is 5.08. The third-order valence-electron chi connectivity index (χ3n) is 3.62. The van der Waals surface area contributed by atoms with Crippen LogP contribution < -0.4 is 9.64 Å². The molecule has 0 aliphatic rings. The van der Waals surface area contributed by atoms with Crippen molar-refractivity contribution in [2.24, 2.45) is 0 Å². The number of fused-ring (bicyclic) bond motifs is 1. The van der Waals surface area contributed by atoms with Gasteiger partial charge in [-0.1, -0.05) is 11.3 Å². The van der Waals surface area contributed by atoms with Gasteiger partial charge in [0, 0.05) is 13.1 Å². The van der Waals surface area contributed by atoms with E-state index in [1.165, 1.54) is 11.3 Å². The van der Waals surface area contributed by atoms with Gasteiger partial charge in [0.15, 0.2) is 15.6 Å². The Morgan fingerprint density at radius 1 is 1.28 bits per heavy atom. The van der Waals surface area contributed by atoms with Gasteiger partial charge in [0.2, 0.25) is 0 Å². The monoisotopic (exact) mass is 423 g/mol. The first-order valence-electron chi connectivity index (χ1n) is 7.64. The molecule has 3 aromatic rings. The lowest BCUT2D eigenvalue weighted by atomic mass is 10.3. The topological polar surface area (TPSA) is 58.8 Å². The van der Waals surface area contributed by atoms with Crippen LogP contribution in [0.25, 0.3) is 10.2 Å². The number of ether oxygens (including phenoxy) is 1. The SMILES string of the molecule is COc1ccc2nc(N(CCN(C)C)C(=O)c3ccc(Br)o3)sc2c1. The molecule has 2 heterocycles. The zero-order valence-electron chi connectivity index (χ0n) is 14.2. The number of thiazole rings is 1. The minimum Gasteiger partial charge on any atom is -0.497 e. The second-order valence-corrected chi connectivity index (χ2v) is 7.48. The highest BCUT2D eigenvalue weighted by atomic mass is 79.9. The number of carbonyl (C=O) groups is 1. The number of methoxy groups -OCH3 is 1. The molecule has 0 saturated carbocycles. The second kappa shape index (κ2) is 7.55. The molecule has 8 heteroatoms. The number of hydrogen-bond acceptors (Lipinski definition) is 6. The second-order valence-electron chi connectivity index (χ2n) is 5.69. The van der Waals surface area contributed by atoms with E-state index in [-0.39, 0.29) is 11.7 Å². The van der Waals surface area contributed by atoms with Crippen LogP contribution in [0.3, 0.4) is 0 Å². The molecule has 0 saturated heterocycles. The Labute approximate surface area is 158 Å².